The number of benzene rings is 1. The highest BCUT2D eigenvalue weighted by molar-refractivity contribution is 7.99. The summed E-state index contributed by atoms with van der Waals surface area (Å²) in [5.41, 5.74) is 1.18. The zero-order valence-corrected chi connectivity index (χ0v) is 10.9. The average Bonchev–Trinajstić information content (AvgIpc) is 2.42. The first kappa shape index (κ1) is 13.5. The van der Waals surface area contributed by atoms with Crippen LogP contribution in [-0.2, 0) is 6.42 Å². The summed E-state index contributed by atoms with van der Waals surface area (Å²) in [6, 6.07) is 7.63. The summed E-state index contributed by atoms with van der Waals surface area (Å²) in [7, 11) is 0. The van der Waals surface area contributed by atoms with Crippen LogP contribution in [0, 0.1) is 5.82 Å². The van der Waals surface area contributed by atoms with Gasteiger partial charge in [-0.05, 0) is 36.2 Å². The van der Waals surface area contributed by atoms with Crippen molar-refractivity contribution in [3.63, 3.8) is 0 Å². The molecular formula is C14H12FNO2S. The smallest absolute Gasteiger partial charge is 0.335 e. The second-order valence-electron chi connectivity index (χ2n) is 3.91. The molecule has 0 amide bonds. The van der Waals surface area contributed by atoms with Gasteiger partial charge < -0.3 is 5.11 Å². The molecule has 0 saturated carbocycles. The Morgan fingerprint density at radius 1 is 1.37 bits per heavy atom. The van der Waals surface area contributed by atoms with Gasteiger partial charge in [0.05, 0.1) is 5.56 Å². The lowest BCUT2D eigenvalue weighted by Gasteiger charge is -2.04. The zero-order valence-electron chi connectivity index (χ0n) is 10.0. The Kier molecular flexibility index (Phi) is 4.52. The van der Waals surface area contributed by atoms with Crippen molar-refractivity contribution in [2.24, 2.45) is 0 Å². The zero-order chi connectivity index (χ0) is 13.7. The Hall–Kier alpha value is -1.88. The fourth-order valence-electron chi connectivity index (χ4n) is 1.57. The maximum atomic E-state index is 13.5. The van der Waals surface area contributed by atoms with E-state index in [4.69, 9.17) is 5.11 Å². The maximum Gasteiger partial charge on any atom is 0.335 e. The third-order valence-corrected chi connectivity index (χ3v) is 3.58. The molecule has 0 aliphatic rings. The van der Waals surface area contributed by atoms with E-state index in [0.29, 0.717) is 10.6 Å². The van der Waals surface area contributed by atoms with Crippen molar-refractivity contribution in [2.75, 3.05) is 5.75 Å². The van der Waals surface area contributed by atoms with Gasteiger partial charge in [0.25, 0.3) is 0 Å². The van der Waals surface area contributed by atoms with E-state index in [1.54, 1.807) is 12.4 Å². The van der Waals surface area contributed by atoms with Crippen molar-refractivity contribution in [3.8, 4) is 0 Å². The molecular weight excluding hydrogens is 265 g/mol. The Morgan fingerprint density at radius 2 is 2.21 bits per heavy atom. The first-order valence-corrected chi connectivity index (χ1v) is 6.70. The molecule has 2 rings (SSSR count). The monoisotopic (exact) mass is 277 g/mol. The number of aromatic nitrogens is 1. The van der Waals surface area contributed by atoms with E-state index in [-0.39, 0.29) is 11.4 Å². The van der Waals surface area contributed by atoms with Crippen LogP contribution in [-0.4, -0.2) is 21.8 Å². The van der Waals surface area contributed by atoms with Crippen LogP contribution in [0.15, 0.2) is 47.6 Å². The highest BCUT2D eigenvalue weighted by Crippen LogP contribution is 2.24. The number of thioether (sulfide) groups is 1. The van der Waals surface area contributed by atoms with Crippen LogP contribution < -0.4 is 0 Å². The molecule has 0 aliphatic carbocycles. The number of aromatic carboxylic acids is 1. The standard InChI is InChI=1S/C14H12FNO2S/c15-12-4-3-11(14(17)18)8-13(12)19-7-5-10-2-1-6-16-9-10/h1-4,6,8-9H,5,7H2,(H,17,18). The molecule has 2 aromatic rings. The Labute approximate surface area is 114 Å². The highest BCUT2D eigenvalue weighted by Gasteiger charge is 2.08. The van der Waals surface area contributed by atoms with E-state index in [2.05, 4.69) is 4.98 Å². The minimum Gasteiger partial charge on any atom is -0.478 e. The van der Waals surface area contributed by atoms with Crippen LogP contribution in [0.5, 0.6) is 0 Å². The molecule has 98 valence electrons. The molecule has 0 radical (unpaired) electrons. The molecule has 5 heteroatoms. The van der Waals surface area contributed by atoms with Crippen LogP contribution in [0.1, 0.15) is 15.9 Å². The molecule has 3 nitrogen and oxygen atoms in total. The molecule has 0 spiro atoms. The van der Waals surface area contributed by atoms with Crippen molar-refractivity contribution < 1.29 is 14.3 Å². The predicted octanol–water partition coefficient (Wildman–Crippen LogP) is 3.25. The van der Waals surface area contributed by atoms with Crippen molar-refractivity contribution in [1.82, 2.24) is 4.98 Å². The molecule has 1 aromatic carbocycles. The lowest BCUT2D eigenvalue weighted by Crippen LogP contribution is -1.98. The van der Waals surface area contributed by atoms with Gasteiger partial charge in [0, 0.05) is 23.0 Å². The highest BCUT2D eigenvalue weighted by atomic mass is 32.2. The van der Waals surface area contributed by atoms with E-state index in [9.17, 15) is 9.18 Å². The van der Waals surface area contributed by atoms with E-state index in [1.165, 1.54) is 30.0 Å². The summed E-state index contributed by atoms with van der Waals surface area (Å²) >= 11 is 1.31. The summed E-state index contributed by atoms with van der Waals surface area (Å²) < 4.78 is 13.5. The molecule has 0 bridgehead atoms. The van der Waals surface area contributed by atoms with Crippen LogP contribution >= 0.6 is 11.8 Å². The van der Waals surface area contributed by atoms with Crippen molar-refractivity contribution in [1.29, 1.82) is 0 Å². The van der Waals surface area contributed by atoms with E-state index < -0.39 is 5.97 Å². The number of halogens is 1. The second-order valence-corrected chi connectivity index (χ2v) is 5.05. The minimum atomic E-state index is -1.05. The number of nitrogens with zero attached hydrogens (tertiary/aromatic N) is 1. The topological polar surface area (TPSA) is 50.2 Å². The van der Waals surface area contributed by atoms with Gasteiger partial charge in [0.2, 0.25) is 0 Å². The lowest BCUT2D eigenvalue weighted by atomic mass is 10.2. The molecule has 0 fully saturated rings. The third kappa shape index (κ3) is 3.79. The van der Waals surface area contributed by atoms with Gasteiger partial charge in [-0.15, -0.1) is 11.8 Å². The Morgan fingerprint density at radius 3 is 2.89 bits per heavy atom. The lowest BCUT2D eigenvalue weighted by molar-refractivity contribution is 0.0696. The normalized spacial score (nSPS) is 10.4. The Bertz CT molecular complexity index is 575. The number of hydrogen-bond donors (Lipinski definition) is 1. The van der Waals surface area contributed by atoms with E-state index in [0.717, 1.165) is 12.0 Å². The molecule has 1 N–H and O–H groups in total. The second kappa shape index (κ2) is 6.33. The first-order valence-electron chi connectivity index (χ1n) is 5.71. The largest absolute Gasteiger partial charge is 0.478 e. The number of carboxylic acid groups (broad SMARTS) is 1. The van der Waals surface area contributed by atoms with Gasteiger partial charge in [0.15, 0.2) is 0 Å². The number of pyridine rings is 1. The predicted molar refractivity (Wildman–Crippen MR) is 72.0 cm³/mol. The first-order chi connectivity index (χ1) is 9.16. The number of aryl methyl sites for hydroxylation is 1. The fraction of sp³-hybridized carbons (Fsp3) is 0.143. The molecule has 0 atom stereocenters. The summed E-state index contributed by atoms with van der Waals surface area (Å²) in [6.07, 6.45) is 4.23. The SMILES string of the molecule is O=C(O)c1ccc(F)c(SCCc2cccnc2)c1. The van der Waals surface area contributed by atoms with E-state index in [1.807, 2.05) is 12.1 Å². The van der Waals surface area contributed by atoms with Crippen LogP contribution in [0.2, 0.25) is 0 Å². The van der Waals surface area contributed by atoms with Gasteiger partial charge in [-0.3, -0.25) is 4.98 Å². The number of rotatable bonds is 5. The molecule has 0 aliphatic heterocycles. The van der Waals surface area contributed by atoms with Crippen molar-refractivity contribution >= 4 is 17.7 Å². The number of carbonyl (C=O) groups is 1. The van der Waals surface area contributed by atoms with Gasteiger partial charge in [-0.2, -0.15) is 0 Å². The van der Waals surface area contributed by atoms with Crippen molar-refractivity contribution in [2.45, 2.75) is 11.3 Å². The summed E-state index contributed by atoms with van der Waals surface area (Å²) in [5, 5.41) is 8.86. The van der Waals surface area contributed by atoms with E-state index >= 15 is 0 Å². The quantitative estimate of drug-likeness (QED) is 0.852. The van der Waals surface area contributed by atoms with Gasteiger partial charge in [-0.1, -0.05) is 6.07 Å². The molecule has 0 unspecified atom stereocenters. The van der Waals surface area contributed by atoms with Gasteiger partial charge in [0.1, 0.15) is 5.82 Å². The van der Waals surface area contributed by atoms with Gasteiger partial charge in [-0.25, -0.2) is 9.18 Å². The van der Waals surface area contributed by atoms with Crippen LogP contribution in [0.4, 0.5) is 4.39 Å². The summed E-state index contributed by atoms with van der Waals surface area (Å²) in [6.45, 7) is 0. The Balaban J connectivity index is 1.99. The number of hydrogen-bond acceptors (Lipinski definition) is 3. The number of carboxylic acids is 1. The van der Waals surface area contributed by atoms with Crippen molar-refractivity contribution in [3.05, 3.63) is 59.7 Å². The third-order valence-electron chi connectivity index (χ3n) is 2.55. The molecule has 1 heterocycles. The maximum absolute atomic E-state index is 13.5. The molecule has 19 heavy (non-hydrogen) atoms. The summed E-state index contributed by atoms with van der Waals surface area (Å²) in [5.74, 6) is -0.763. The van der Waals surface area contributed by atoms with Gasteiger partial charge >= 0.3 is 5.97 Å². The van der Waals surface area contributed by atoms with Crippen LogP contribution in [0.25, 0.3) is 0 Å². The minimum absolute atomic E-state index is 0.102. The molecule has 1 aromatic heterocycles. The average molecular weight is 277 g/mol. The van der Waals surface area contributed by atoms with Crippen LogP contribution in [0.3, 0.4) is 0 Å². The fourth-order valence-corrected chi connectivity index (χ4v) is 2.55. The summed E-state index contributed by atoms with van der Waals surface area (Å²) in [4.78, 5) is 15.2. The molecule has 0 saturated heterocycles.